The van der Waals surface area contributed by atoms with Gasteiger partial charge in [0.15, 0.2) is 0 Å². The molecule has 2 heterocycles. The molecular formula is C11H17NO3. The highest BCUT2D eigenvalue weighted by molar-refractivity contribution is 5.79. The van der Waals surface area contributed by atoms with Crippen LogP contribution in [0.25, 0.3) is 0 Å². The third-order valence-electron chi connectivity index (χ3n) is 3.49. The Bertz CT molecular complexity index is 277. The molecule has 2 fully saturated rings. The Balaban J connectivity index is 2.02. The standard InChI is InChI=1S/C11H17NO3/c1-15-11(14)8-5-6-9-3-2-4-10(13)12(9)7-8/h8-9H,2-7H2,1H3/t8-,9+/m0/s1. The predicted octanol–water partition coefficient (Wildman–Crippen LogP) is 0.950. The van der Waals surface area contributed by atoms with Crippen LogP contribution in [0.1, 0.15) is 32.1 Å². The third kappa shape index (κ3) is 1.98. The molecule has 2 aliphatic heterocycles. The number of fused-ring (bicyclic) bond motifs is 1. The summed E-state index contributed by atoms with van der Waals surface area (Å²) in [5, 5.41) is 0. The Morgan fingerprint density at radius 3 is 2.93 bits per heavy atom. The molecule has 4 nitrogen and oxygen atoms in total. The lowest BCUT2D eigenvalue weighted by Gasteiger charge is -2.41. The van der Waals surface area contributed by atoms with Gasteiger partial charge >= 0.3 is 5.97 Å². The third-order valence-corrected chi connectivity index (χ3v) is 3.49. The van der Waals surface area contributed by atoms with Crippen molar-refractivity contribution in [2.75, 3.05) is 13.7 Å². The number of hydrogen-bond acceptors (Lipinski definition) is 3. The van der Waals surface area contributed by atoms with Crippen LogP contribution in [0.2, 0.25) is 0 Å². The van der Waals surface area contributed by atoms with Crippen molar-refractivity contribution in [2.24, 2.45) is 5.92 Å². The predicted molar refractivity (Wildman–Crippen MR) is 54.1 cm³/mol. The maximum absolute atomic E-state index is 11.7. The molecule has 0 bridgehead atoms. The van der Waals surface area contributed by atoms with Crippen LogP contribution in [0, 0.1) is 5.92 Å². The fourth-order valence-corrected chi connectivity index (χ4v) is 2.62. The summed E-state index contributed by atoms with van der Waals surface area (Å²) < 4.78 is 4.73. The number of hydrogen-bond donors (Lipinski definition) is 0. The second kappa shape index (κ2) is 4.21. The molecule has 0 spiro atoms. The summed E-state index contributed by atoms with van der Waals surface area (Å²) in [5.74, 6) is -0.0695. The van der Waals surface area contributed by atoms with Crippen LogP contribution in [0.3, 0.4) is 0 Å². The maximum Gasteiger partial charge on any atom is 0.310 e. The number of carbonyl (C=O) groups excluding carboxylic acids is 2. The van der Waals surface area contributed by atoms with E-state index in [-0.39, 0.29) is 17.8 Å². The molecule has 0 aromatic rings. The van der Waals surface area contributed by atoms with Crippen molar-refractivity contribution in [2.45, 2.75) is 38.1 Å². The smallest absolute Gasteiger partial charge is 0.310 e. The van der Waals surface area contributed by atoms with Crippen molar-refractivity contribution in [1.29, 1.82) is 0 Å². The fourth-order valence-electron chi connectivity index (χ4n) is 2.62. The van der Waals surface area contributed by atoms with Gasteiger partial charge in [0.25, 0.3) is 0 Å². The summed E-state index contributed by atoms with van der Waals surface area (Å²) in [4.78, 5) is 24.9. The quantitative estimate of drug-likeness (QED) is 0.607. The van der Waals surface area contributed by atoms with E-state index in [0.29, 0.717) is 19.0 Å². The lowest BCUT2D eigenvalue weighted by atomic mass is 9.87. The zero-order valence-corrected chi connectivity index (χ0v) is 9.07. The fraction of sp³-hybridized carbons (Fsp3) is 0.818. The van der Waals surface area contributed by atoms with Gasteiger partial charge in [0.1, 0.15) is 0 Å². The van der Waals surface area contributed by atoms with Gasteiger partial charge in [0.2, 0.25) is 5.91 Å². The van der Waals surface area contributed by atoms with Gasteiger partial charge in [-0.1, -0.05) is 0 Å². The van der Waals surface area contributed by atoms with Gasteiger partial charge in [-0.15, -0.1) is 0 Å². The number of methoxy groups -OCH3 is 1. The first-order valence-electron chi connectivity index (χ1n) is 5.59. The number of ether oxygens (including phenoxy) is 1. The van der Waals surface area contributed by atoms with E-state index in [0.717, 1.165) is 25.7 Å². The second-order valence-corrected chi connectivity index (χ2v) is 4.39. The van der Waals surface area contributed by atoms with Crippen LogP contribution in [0.4, 0.5) is 0 Å². The Morgan fingerprint density at radius 2 is 2.20 bits per heavy atom. The molecule has 0 N–H and O–H groups in total. The zero-order valence-electron chi connectivity index (χ0n) is 9.07. The summed E-state index contributed by atoms with van der Waals surface area (Å²) >= 11 is 0. The first-order chi connectivity index (χ1) is 7.22. The van der Waals surface area contributed by atoms with E-state index < -0.39 is 0 Å². The largest absolute Gasteiger partial charge is 0.469 e. The SMILES string of the molecule is COC(=O)[C@H]1CC[C@H]2CCCC(=O)N2C1. The van der Waals surface area contributed by atoms with Crippen LogP contribution >= 0.6 is 0 Å². The average Bonchev–Trinajstić information content (AvgIpc) is 2.28. The molecule has 4 heteroatoms. The Kier molecular flexibility index (Phi) is 2.93. The van der Waals surface area contributed by atoms with E-state index in [2.05, 4.69) is 0 Å². The van der Waals surface area contributed by atoms with Crippen molar-refractivity contribution in [3.05, 3.63) is 0 Å². The van der Waals surface area contributed by atoms with Gasteiger partial charge in [0, 0.05) is 19.0 Å². The highest BCUT2D eigenvalue weighted by atomic mass is 16.5. The molecule has 84 valence electrons. The molecule has 1 amide bonds. The summed E-state index contributed by atoms with van der Waals surface area (Å²) in [5.41, 5.74) is 0. The van der Waals surface area contributed by atoms with Crippen LogP contribution in [0.5, 0.6) is 0 Å². The van der Waals surface area contributed by atoms with E-state index in [1.54, 1.807) is 0 Å². The van der Waals surface area contributed by atoms with Crippen molar-refractivity contribution >= 4 is 11.9 Å². The lowest BCUT2D eigenvalue weighted by Crippen LogP contribution is -2.50. The van der Waals surface area contributed by atoms with Crippen LogP contribution < -0.4 is 0 Å². The minimum atomic E-state index is -0.174. The van der Waals surface area contributed by atoms with E-state index in [4.69, 9.17) is 4.74 Å². The highest BCUT2D eigenvalue weighted by Crippen LogP contribution is 2.29. The molecule has 2 atom stereocenters. The summed E-state index contributed by atoms with van der Waals surface area (Å²) in [7, 11) is 1.41. The lowest BCUT2D eigenvalue weighted by molar-refractivity contribution is -0.151. The van der Waals surface area contributed by atoms with Crippen molar-refractivity contribution < 1.29 is 14.3 Å². The number of carbonyl (C=O) groups is 2. The van der Waals surface area contributed by atoms with Gasteiger partial charge in [0.05, 0.1) is 13.0 Å². The molecule has 2 aliphatic rings. The Morgan fingerprint density at radius 1 is 1.40 bits per heavy atom. The van der Waals surface area contributed by atoms with Crippen molar-refractivity contribution in [3.63, 3.8) is 0 Å². The molecule has 0 aromatic carbocycles. The van der Waals surface area contributed by atoms with Crippen molar-refractivity contribution in [1.82, 2.24) is 4.90 Å². The highest BCUT2D eigenvalue weighted by Gasteiger charge is 2.36. The van der Waals surface area contributed by atoms with Crippen LogP contribution in [-0.4, -0.2) is 36.5 Å². The molecule has 0 aromatic heterocycles. The Hall–Kier alpha value is -1.06. The molecule has 0 radical (unpaired) electrons. The first-order valence-corrected chi connectivity index (χ1v) is 5.59. The van der Waals surface area contributed by atoms with Crippen molar-refractivity contribution in [3.8, 4) is 0 Å². The van der Waals surface area contributed by atoms with E-state index >= 15 is 0 Å². The second-order valence-electron chi connectivity index (χ2n) is 4.39. The zero-order chi connectivity index (χ0) is 10.8. The summed E-state index contributed by atoms with van der Waals surface area (Å²) in [6.07, 6.45) is 4.56. The summed E-state index contributed by atoms with van der Waals surface area (Å²) in [6.45, 7) is 0.566. The Labute approximate surface area is 89.6 Å². The molecule has 0 saturated carbocycles. The average molecular weight is 211 g/mol. The van der Waals surface area contributed by atoms with Gasteiger partial charge in [-0.05, 0) is 25.7 Å². The molecule has 0 unspecified atom stereocenters. The monoisotopic (exact) mass is 211 g/mol. The minimum Gasteiger partial charge on any atom is -0.469 e. The van der Waals surface area contributed by atoms with Crippen LogP contribution in [0.15, 0.2) is 0 Å². The van der Waals surface area contributed by atoms with E-state index in [1.165, 1.54) is 7.11 Å². The van der Waals surface area contributed by atoms with E-state index in [1.807, 2.05) is 4.90 Å². The van der Waals surface area contributed by atoms with Crippen LogP contribution in [-0.2, 0) is 14.3 Å². The number of amides is 1. The topological polar surface area (TPSA) is 46.6 Å². The van der Waals surface area contributed by atoms with Gasteiger partial charge in [-0.2, -0.15) is 0 Å². The number of nitrogens with zero attached hydrogens (tertiary/aromatic N) is 1. The molecular weight excluding hydrogens is 194 g/mol. The maximum atomic E-state index is 11.7. The van der Waals surface area contributed by atoms with Gasteiger partial charge in [-0.3, -0.25) is 9.59 Å². The number of piperidine rings is 2. The first kappa shape index (κ1) is 10.5. The molecule has 2 saturated heterocycles. The number of rotatable bonds is 1. The van der Waals surface area contributed by atoms with Gasteiger partial charge < -0.3 is 9.64 Å². The molecule has 2 rings (SSSR count). The minimum absolute atomic E-state index is 0.103. The normalized spacial score (nSPS) is 31.0. The van der Waals surface area contributed by atoms with E-state index in [9.17, 15) is 9.59 Å². The molecule has 15 heavy (non-hydrogen) atoms. The summed E-state index contributed by atoms with van der Waals surface area (Å²) in [6, 6.07) is 0.382. The van der Waals surface area contributed by atoms with Gasteiger partial charge in [-0.25, -0.2) is 0 Å². The number of esters is 1. The molecule has 0 aliphatic carbocycles.